The standard InChI is InChI=1S/C20H16N2O4S/c1-13-8-10-15(11-9-13)22-19(25)16(12-17(23)26-2)27-20(22)21-18(24)14-6-4-3-5-7-14/h3-12H,1-2H3/b16-12+,21-20?. The highest BCUT2D eigenvalue weighted by Crippen LogP contribution is 2.35. The lowest BCUT2D eigenvalue weighted by Gasteiger charge is -2.15. The van der Waals surface area contributed by atoms with Crippen LogP contribution in [0.5, 0.6) is 0 Å². The molecule has 3 rings (SSSR count). The molecule has 27 heavy (non-hydrogen) atoms. The minimum absolute atomic E-state index is 0.141. The first kappa shape index (κ1) is 18.6. The number of carbonyl (C=O) groups excluding carboxylic acids is 3. The Morgan fingerprint density at radius 3 is 2.37 bits per heavy atom. The van der Waals surface area contributed by atoms with Gasteiger partial charge in [-0.3, -0.25) is 14.5 Å². The number of nitrogens with zero attached hydrogens (tertiary/aromatic N) is 2. The van der Waals surface area contributed by atoms with Crippen LogP contribution in [0.3, 0.4) is 0 Å². The summed E-state index contributed by atoms with van der Waals surface area (Å²) in [6.45, 7) is 1.93. The molecule has 1 saturated heterocycles. The summed E-state index contributed by atoms with van der Waals surface area (Å²) in [6.07, 6.45) is 1.10. The Kier molecular flexibility index (Phi) is 5.52. The Morgan fingerprint density at radius 1 is 1.07 bits per heavy atom. The molecule has 2 aromatic carbocycles. The van der Waals surface area contributed by atoms with Crippen molar-refractivity contribution in [1.29, 1.82) is 0 Å². The van der Waals surface area contributed by atoms with E-state index in [-0.39, 0.29) is 10.1 Å². The van der Waals surface area contributed by atoms with Crippen molar-refractivity contribution in [2.45, 2.75) is 6.92 Å². The lowest BCUT2D eigenvalue weighted by molar-refractivity contribution is -0.135. The van der Waals surface area contributed by atoms with Gasteiger partial charge in [0.1, 0.15) is 0 Å². The van der Waals surface area contributed by atoms with Crippen LogP contribution in [0.2, 0.25) is 0 Å². The molecular weight excluding hydrogens is 364 g/mol. The molecule has 0 bridgehead atoms. The van der Waals surface area contributed by atoms with E-state index in [4.69, 9.17) is 0 Å². The molecule has 0 unspecified atom stereocenters. The maximum absolute atomic E-state index is 12.8. The third-order valence-corrected chi connectivity index (χ3v) is 4.74. The molecular formula is C20H16N2O4S. The van der Waals surface area contributed by atoms with E-state index in [9.17, 15) is 14.4 Å². The predicted molar refractivity (Wildman–Crippen MR) is 105 cm³/mol. The Hall–Kier alpha value is -3.19. The predicted octanol–water partition coefficient (Wildman–Crippen LogP) is 3.33. The van der Waals surface area contributed by atoms with Gasteiger partial charge in [0.2, 0.25) is 0 Å². The van der Waals surface area contributed by atoms with Crippen LogP contribution < -0.4 is 4.90 Å². The summed E-state index contributed by atoms with van der Waals surface area (Å²) < 4.78 is 4.60. The number of aliphatic imine (C=N–C) groups is 1. The lowest BCUT2D eigenvalue weighted by Crippen LogP contribution is -2.29. The Labute approximate surface area is 160 Å². The number of aryl methyl sites for hydroxylation is 1. The van der Waals surface area contributed by atoms with E-state index in [1.54, 1.807) is 42.5 Å². The lowest BCUT2D eigenvalue weighted by atomic mass is 10.2. The van der Waals surface area contributed by atoms with Crippen molar-refractivity contribution < 1.29 is 19.1 Å². The minimum atomic E-state index is -0.648. The first-order valence-corrected chi connectivity index (χ1v) is 8.88. The molecule has 1 fully saturated rings. The number of anilines is 1. The molecule has 136 valence electrons. The number of hydrogen-bond acceptors (Lipinski definition) is 5. The van der Waals surface area contributed by atoms with E-state index in [2.05, 4.69) is 9.73 Å². The van der Waals surface area contributed by atoms with Gasteiger partial charge in [0.05, 0.1) is 17.7 Å². The zero-order valence-corrected chi connectivity index (χ0v) is 15.5. The highest BCUT2D eigenvalue weighted by Gasteiger charge is 2.36. The Balaban J connectivity index is 2.02. The van der Waals surface area contributed by atoms with Crippen LogP contribution >= 0.6 is 11.8 Å². The minimum Gasteiger partial charge on any atom is -0.466 e. The fourth-order valence-corrected chi connectivity index (χ4v) is 3.31. The molecule has 1 aliphatic rings. The van der Waals surface area contributed by atoms with Crippen molar-refractivity contribution in [1.82, 2.24) is 0 Å². The van der Waals surface area contributed by atoms with Gasteiger partial charge in [0.25, 0.3) is 11.8 Å². The molecule has 0 radical (unpaired) electrons. The van der Waals surface area contributed by atoms with Crippen LogP contribution in [-0.4, -0.2) is 30.1 Å². The van der Waals surface area contributed by atoms with Gasteiger partial charge in [-0.2, -0.15) is 4.99 Å². The molecule has 0 saturated carbocycles. The van der Waals surface area contributed by atoms with Crippen LogP contribution in [0.15, 0.2) is 70.6 Å². The van der Waals surface area contributed by atoms with Gasteiger partial charge in [-0.1, -0.05) is 35.9 Å². The van der Waals surface area contributed by atoms with E-state index >= 15 is 0 Å². The highest BCUT2D eigenvalue weighted by molar-refractivity contribution is 8.19. The molecule has 0 N–H and O–H groups in total. The monoisotopic (exact) mass is 380 g/mol. The number of amides is 2. The van der Waals surface area contributed by atoms with E-state index in [0.29, 0.717) is 11.3 Å². The van der Waals surface area contributed by atoms with Crippen LogP contribution in [0.4, 0.5) is 5.69 Å². The number of esters is 1. The average Bonchev–Trinajstić information content (AvgIpc) is 2.98. The molecule has 7 heteroatoms. The summed E-state index contributed by atoms with van der Waals surface area (Å²) in [5, 5.41) is 0.188. The van der Waals surface area contributed by atoms with Crippen LogP contribution in [0, 0.1) is 6.92 Å². The van der Waals surface area contributed by atoms with Gasteiger partial charge >= 0.3 is 5.97 Å². The number of methoxy groups -OCH3 is 1. The second-order valence-corrected chi connectivity index (χ2v) is 6.68. The maximum atomic E-state index is 12.8. The number of ether oxygens (including phenoxy) is 1. The summed E-state index contributed by atoms with van der Waals surface area (Å²) in [6, 6.07) is 15.8. The fourth-order valence-electron chi connectivity index (χ4n) is 2.37. The van der Waals surface area contributed by atoms with Gasteiger partial charge in [0, 0.05) is 11.6 Å². The van der Waals surface area contributed by atoms with E-state index in [1.807, 2.05) is 19.1 Å². The fraction of sp³-hybridized carbons (Fsp3) is 0.100. The largest absolute Gasteiger partial charge is 0.466 e. The first-order chi connectivity index (χ1) is 13.0. The summed E-state index contributed by atoms with van der Waals surface area (Å²) in [7, 11) is 1.23. The maximum Gasteiger partial charge on any atom is 0.331 e. The molecule has 1 heterocycles. The second-order valence-electron chi connectivity index (χ2n) is 5.68. The molecule has 1 aliphatic heterocycles. The molecule has 6 nitrogen and oxygen atoms in total. The summed E-state index contributed by atoms with van der Waals surface area (Å²) >= 11 is 0.958. The van der Waals surface area contributed by atoms with Gasteiger partial charge in [-0.25, -0.2) is 4.79 Å². The van der Waals surface area contributed by atoms with Crippen molar-refractivity contribution in [2.24, 2.45) is 4.99 Å². The van der Waals surface area contributed by atoms with E-state index in [0.717, 1.165) is 23.4 Å². The first-order valence-electron chi connectivity index (χ1n) is 8.06. The van der Waals surface area contributed by atoms with E-state index in [1.165, 1.54) is 12.0 Å². The third kappa shape index (κ3) is 4.15. The van der Waals surface area contributed by atoms with Crippen LogP contribution in [0.25, 0.3) is 0 Å². The number of benzene rings is 2. The molecule has 2 amide bonds. The highest BCUT2D eigenvalue weighted by atomic mass is 32.2. The van der Waals surface area contributed by atoms with Crippen molar-refractivity contribution in [3.63, 3.8) is 0 Å². The van der Waals surface area contributed by atoms with E-state index < -0.39 is 17.8 Å². The summed E-state index contributed by atoms with van der Waals surface area (Å²) in [4.78, 5) is 42.4. The van der Waals surface area contributed by atoms with Gasteiger partial charge in [-0.05, 0) is 43.0 Å². The number of hydrogen-bond donors (Lipinski definition) is 0. The quantitative estimate of drug-likeness (QED) is 0.603. The SMILES string of the molecule is COC(=O)/C=C1/SC(=NC(=O)c2ccccc2)N(c2ccc(C)cc2)C1=O. The zero-order chi connectivity index (χ0) is 19.4. The Bertz CT molecular complexity index is 950. The Morgan fingerprint density at radius 2 is 1.74 bits per heavy atom. The number of rotatable bonds is 3. The topological polar surface area (TPSA) is 76.0 Å². The second kappa shape index (κ2) is 8.01. The number of thioether (sulfide) groups is 1. The summed E-state index contributed by atoms with van der Waals surface area (Å²) in [5.74, 6) is -1.55. The van der Waals surface area contributed by atoms with Crippen molar-refractivity contribution in [3.05, 3.63) is 76.7 Å². The van der Waals surface area contributed by atoms with Crippen LogP contribution in [-0.2, 0) is 14.3 Å². The third-order valence-electron chi connectivity index (χ3n) is 3.77. The van der Waals surface area contributed by atoms with Crippen LogP contribution in [0.1, 0.15) is 15.9 Å². The normalized spacial score (nSPS) is 16.8. The molecule has 0 atom stereocenters. The average molecular weight is 380 g/mol. The molecule has 0 aromatic heterocycles. The van der Waals surface area contributed by atoms with Crippen molar-refractivity contribution in [3.8, 4) is 0 Å². The smallest absolute Gasteiger partial charge is 0.331 e. The number of carbonyl (C=O) groups is 3. The zero-order valence-electron chi connectivity index (χ0n) is 14.7. The van der Waals surface area contributed by atoms with Gasteiger partial charge in [0.15, 0.2) is 5.17 Å². The molecule has 2 aromatic rings. The van der Waals surface area contributed by atoms with Gasteiger partial charge in [-0.15, -0.1) is 0 Å². The van der Waals surface area contributed by atoms with Crippen molar-refractivity contribution >= 4 is 40.4 Å². The van der Waals surface area contributed by atoms with Crippen molar-refractivity contribution in [2.75, 3.05) is 12.0 Å². The summed E-state index contributed by atoms with van der Waals surface area (Å²) in [5.41, 5.74) is 2.00. The number of amidine groups is 1. The van der Waals surface area contributed by atoms with Gasteiger partial charge < -0.3 is 4.74 Å². The molecule has 0 aliphatic carbocycles. The molecule has 0 spiro atoms.